The Hall–Kier alpha value is -1.76. The maximum absolute atomic E-state index is 12.8. The Morgan fingerprint density at radius 2 is 1.81 bits per heavy atom. The Morgan fingerprint density at radius 1 is 1.14 bits per heavy atom. The Labute approximate surface area is 125 Å². The van der Waals surface area contributed by atoms with Gasteiger partial charge in [-0.1, -0.05) is 25.1 Å². The maximum atomic E-state index is 12.8. The number of benzene rings is 1. The molecule has 0 fully saturated rings. The molecule has 0 amide bonds. The summed E-state index contributed by atoms with van der Waals surface area (Å²) in [6, 6.07) is 10.5. The fourth-order valence-corrected chi connectivity index (χ4v) is 3.79. The van der Waals surface area contributed by atoms with Crippen LogP contribution in [0.4, 0.5) is 0 Å². The van der Waals surface area contributed by atoms with Crippen molar-refractivity contribution in [3.05, 3.63) is 59.9 Å². The molecular formula is C15H19N3O2S. The first-order valence-corrected chi connectivity index (χ1v) is 8.20. The fourth-order valence-electron chi connectivity index (χ4n) is 2.12. The lowest BCUT2D eigenvalue weighted by molar-refractivity contribution is 0.422. The number of nitrogens with zero attached hydrogens (tertiary/aromatic N) is 2. The lowest BCUT2D eigenvalue weighted by Crippen LogP contribution is -2.31. The van der Waals surface area contributed by atoms with Gasteiger partial charge in [0.1, 0.15) is 0 Å². The van der Waals surface area contributed by atoms with Gasteiger partial charge < -0.3 is 5.73 Å². The topological polar surface area (TPSA) is 76.3 Å². The molecule has 0 bridgehead atoms. The summed E-state index contributed by atoms with van der Waals surface area (Å²) in [5, 5.41) is 0. The van der Waals surface area contributed by atoms with Crippen LogP contribution in [0, 0.1) is 0 Å². The van der Waals surface area contributed by atoms with E-state index in [-0.39, 0.29) is 11.4 Å². The van der Waals surface area contributed by atoms with Gasteiger partial charge in [-0.15, -0.1) is 0 Å². The predicted octanol–water partition coefficient (Wildman–Crippen LogP) is 1.75. The number of pyridine rings is 1. The first-order chi connectivity index (χ1) is 10.1. The number of aromatic nitrogens is 1. The highest BCUT2D eigenvalue weighted by atomic mass is 32.2. The minimum absolute atomic E-state index is 0.197. The molecule has 0 aliphatic rings. The lowest BCUT2D eigenvalue weighted by Gasteiger charge is -2.22. The monoisotopic (exact) mass is 305 g/mol. The third kappa shape index (κ3) is 3.47. The fraction of sp³-hybridized carbons (Fsp3) is 0.267. The van der Waals surface area contributed by atoms with Gasteiger partial charge in [0.05, 0.1) is 4.90 Å². The Balaban J connectivity index is 2.36. The zero-order valence-corrected chi connectivity index (χ0v) is 12.8. The molecule has 6 heteroatoms. The summed E-state index contributed by atoms with van der Waals surface area (Å²) in [6.07, 6.45) is 3.31. The molecule has 1 aromatic carbocycles. The van der Waals surface area contributed by atoms with Gasteiger partial charge in [-0.25, -0.2) is 8.42 Å². The zero-order valence-electron chi connectivity index (χ0n) is 11.9. The molecule has 0 spiro atoms. The maximum Gasteiger partial charge on any atom is 0.243 e. The van der Waals surface area contributed by atoms with E-state index in [1.165, 1.54) is 4.31 Å². The molecule has 2 N–H and O–H groups in total. The van der Waals surface area contributed by atoms with E-state index in [1.807, 2.05) is 19.1 Å². The molecular weight excluding hydrogens is 286 g/mol. The summed E-state index contributed by atoms with van der Waals surface area (Å²) in [5.41, 5.74) is 7.18. The summed E-state index contributed by atoms with van der Waals surface area (Å²) in [5.74, 6) is 0. The van der Waals surface area contributed by atoms with E-state index in [1.54, 1.807) is 36.7 Å². The highest BCUT2D eigenvalue weighted by Gasteiger charge is 2.25. The molecule has 21 heavy (non-hydrogen) atoms. The first-order valence-electron chi connectivity index (χ1n) is 6.76. The smallest absolute Gasteiger partial charge is 0.243 e. The Morgan fingerprint density at radius 3 is 2.43 bits per heavy atom. The highest BCUT2D eigenvalue weighted by molar-refractivity contribution is 7.89. The minimum Gasteiger partial charge on any atom is -0.326 e. The summed E-state index contributed by atoms with van der Waals surface area (Å²) in [6.45, 7) is 2.73. The van der Waals surface area contributed by atoms with Crippen LogP contribution in [0.5, 0.6) is 0 Å². The molecule has 112 valence electrons. The quantitative estimate of drug-likeness (QED) is 0.882. The van der Waals surface area contributed by atoms with Crippen LogP contribution in [0.2, 0.25) is 0 Å². The normalized spacial score (nSPS) is 11.8. The summed E-state index contributed by atoms with van der Waals surface area (Å²) >= 11 is 0. The van der Waals surface area contributed by atoms with Crippen LogP contribution < -0.4 is 5.73 Å². The van der Waals surface area contributed by atoms with E-state index in [0.717, 1.165) is 5.56 Å². The average molecular weight is 305 g/mol. The zero-order chi connectivity index (χ0) is 15.3. The van der Waals surface area contributed by atoms with Gasteiger partial charge in [0, 0.05) is 32.0 Å². The average Bonchev–Trinajstić information content (AvgIpc) is 2.53. The van der Waals surface area contributed by atoms with Crippen LogP contribution in [-0.4, -0.2) is 24.3 Å². The molecule has 0 aliphatic heterocycles. The SMILES string of the molecule is CCN(Cc1ccncc1)S(=O)(=O)c1ccccc1CN. The van der Waals surface area contributed by atoms with Gasteiger partial charge in [-0.05, 0) is 29.3 Å². The third-order valence-corrected chi connectivity index (χ3v) is 5.29. The van der Waals surface area contributed by atoms with Crippen LogP contribution in [0.1, 0.15) is 18.1 Å². The first kappa shape index (κ1) is 15.6. The molecule has 0 saturated carbocycles. The van der Waals surface area contributed by atoms with Crippen molar-refractivity contribution in [1.29, 1.82) is 0 Å². The van der Waals surface area contributed by atoms with Gasteiger partial charge in [-0.2, -0.15) is 4.31 Å². The van der Waals surface area contributed by atoms with Crippen LogP contribution >= 0.6 is 0 Å². The molecule has 1 aromatic heterocycles. The van der Waals surface area contributed by atoms with E-state index in [4.69, 9.17) is 5.73 Å². The van der Waals surface area contributed by atoms with E-state index >= 15 is 0 Å². The van der Waals surface area contributed by atoms with Crippen molar-refractivity contribution in [3.63, 3.8) is 0 Å². The third-order valence-electron chi connectivity index (χ3n) is 3.27. The summed E-state index contributed by atoms with van der Waals surface area (Å²) in [4.78, 5) is 4.22. The van der Waals surface area contributed by atoms with Crippen LogP contribution in [0.15, 0.2) is 53.7 Å². The van der Waals surface area contributed by atoms with Crippen molar-refractivity contribution in [1.82, 2.24) is 9.29 Å². The number of hydrogen-bond donors (Lipinski definition) is 1. The molecule has 0 atom stereocenters. The molecule has 2 rings (SSSR count). The largest absolute Gasteiger partial charge is 0.326 e. The number of sulfonamides is 1. The molecule has 2 aromatic rings. The van der Waals surface area contributed by atoms with Gasteiger partial charge in [0.15, 0.2) is 0 Å². The summed E-state index contributed by atoms with van der Waals surface area (Å²) in [7, 11) is -3.56. The second kappa shape index (κ2) is 6.80. The number of rotatable bonds is 6. The van der Waals surface area contributed by atoms with Crippen LogP contribution in [0.3, 0.4) is 0 Å². The van der Waals surface area contributed by atoms with Crippen molar-refractivity contribution < 1.29 is 8.42 Å². The second-order valence-electron chi connectivity index (χ2n) is 4.60. The molecule has 1 heterocycles. The molecule has 0 saturated heterocycles. The summed E-state index contributed by atoms with van der Waals surface area (Å²) < 4.78 is 27.0. The van der Waals surface area contributed by atoms with Gasteiger partial charge in [-0.3, -0.25) is 4.98 Å². The van der Waals surface area contributed by atoms with Gasteiger partial charge in [0.2, 0.25) is 10.0 Å². The van der Waals surface area contributed by atoms with Crippen molar-refractivity contribution >= 4 is 10.0 Å². The number of hydrogen-bond acceptors (Lipinski definition) is 4. The van der Waals surface area contributed by atoms with E-state index < -0.39 is 10.0 Å². The minimum atomic E-state index is -3.56. The van der Waals surface area contributed by atoms with Crippen molar-refractivity contribution in [3.8, 4) is 0 Å². The van der Waals surface area contributed by atoms with Crippen LogP contribution in [0.25, 0.3) is 0 Å². The second-order valence-corrected chi connectivity index (χ2v) is 6.50. The predicted molar refractivity (Wildman–Crippen MR) is 81.8 cm³/mol. The number of nitrogens with two attached hydrogens (primary N) is 1. The molecule has 0 radical (unpaired) electrons. The van der Waals surface area contributed by atoms with Crippen molar-refractivity contribution in [2.24, 2.45) is 5.73 Å². The lowest BCUT2D eigenvalue weighted by atomic mass is 10.2. The Bertz CT molecular complexity index is 687. The van der Waals surface area contributed by atoms with E-state index in [2.05, 4.69) is 4.98 Å². The Kier molecular flexibility index (Phi) is 5.06. The van der Waals surface area contributed by atoms with Crippen LogP contribution in [-0.2, 0) is 23.1 Å². The standard InChI is InChI=1S/C15H19N3O2S/c1-2-18(12-13-7-9-17-10-8-13)21(19,20)15-6-4-3-5-14(15)11-16/h3-10H,2,11-12,16H2,1H3. The molecule has 0 aliphatic carbocycles. The van der Waals surface area contributed by atoms with E-state index in [9.17, 15) is 8.42 Å². The molecule has 0 unspecified atom stereocenters. The highest BCUT2D eigenvalue weighted by Crippen LogP contribution is 2.21. The van der Waals surface area contributed by atoms with Gasteiger partial charge >= 0.3 is 0 Å². The van der Waals surface area contributed by atoms with Gasteiger partial charge in [0.25, 0.3) is 0 Å². The van der Waals surface area contributed by atoms with E-state index in [0.29, 0.717) is 18.7 Å². The van der Waals surface area contributed by atoms with Crippen molar-refractivity contribution in [2.75, 3.05) is 6.54 Å². The molecule has 5 nitrogen and oxygen atoms in total. The van der Waals surface area contributed by atoms with Crippen molar-refractivity contribution in [2.45, 2.75) is 24.9 Å².